The Hall–Kier alpha value is -1.55. The fraction of sp³-hybridized carbons (Fsp3) is 0.429. The summed E-state index contributed by atoms with van der Waals surface area (Å²) in [6.07, 6.45) is 9.97. The van der Waals surface area contributed by atoms with Crippen LogP contribution in [0.15, 0.2) is 37.1 Å². The van der Waals surface area contributed by atoms with Crippen LogP contribution in [0.25, 0.3) is 0 Å². The van der Waals surface area contributed by atoms with E-state index >= 15 is 0 Å². The fourth-order valence-corrected chi connectivity index (χ4v) is 2.95. The Morgan fingerprint density at radius 1 is 1.37 bits per heavy atom. The fourth-order valence-electron chi connectivity index (χ4n) is 2.71. The minimum Gasteiger partial charge on any atom is -0.355 e. The first-order chi connectivity index (χ1) is 9.33. The Labute approximate surface area is 118 Å². The van der Waals surface area contributed by atoms with E-state index in [1.165, 1.54) is 12.8 Å². The summed E-state index contributed by atoms with van der Waals surface area (Å²) in [5, 5.41) is 0.741. The first-order valence-electron chi connectivity index (χ1n) is 6.64. The molecule has 0 amide bonds. The van der Waals surface area contributed by atoms with Crippen molar-refractivity contribution < 1.29 is 0 Å². The molecule has 1 atom stereocenters. The molecule has 0 unspecified atom stereocenters. The van der Waals surface area contributed by atoms with E-state index in [-0.39, 0.29) is 0 Å². The molecule has 100 valence electrons. The Balaban J connectivity index is 1.70. The highest BCUT2D eigenvalue weighted by Crippen LogP contribution is 2.27. The molecule has 0 aliphatic carbocycles. The smallest absolute Gasteiger partial charge is 0.147 e. The van der Waals surface area contributed by atoms with Gasteiger partial charge in [-0.05, 0) is 30.9 Å². The molecule has 5 heteroatoms. The molecule has 4 nitrogen and oxygen atoms in total. The van der Waals surface area contributed by atoms with Crippen LogP contribution in [0.1, 0.15) is 12.8 Å². The van der Waals surface area contributed by atoms with E-state index < -0.39 is 0 Å². The van der Waals surface area contributed by atoms with Crippen molar-refractivity contribution in [3.05, 3.63) is 42.1 Å². The van der Waals surface area contributed by atoms with Crippen LogP contribution in [-0.4, -0.2) is 27.6 Å². The van der Waals surface area contributed by atoms with Crippen molar-refractivity contribution >= 4 is 17.4 Å². The quantitative estimate of drug-likeness (QED) is 0.864. The van der Waals surface area contributed by atoms with Gasteiger partial charge in [0, 0.05) is 38.2 Å². The third-order valence-corrected chi connectivity index (χ3v) is 3.88. The first kappa shape index (κ1) is 12.5. The molecule has 1 saturated heterocycles. The Bertz CT molecular complexity index is 526. The zero-order chi connectivity index (χ0) is 13.1. The van der Waals surface area contributed by atoms with Crippen LogP contribution in [0, 0.1) is 5.92 Å². The van der Waals surface area contributed by atoms with Crippen molar-refractivity contribution in [2.45, 2.75) is 19.4 Å². The van der Waals surface area contributed by atoms with Gasteiger partial charge in [-0.3, -0.25) is 0 Å². The van der Waals surface area contributed by atoms with Gasteiger partial charge in [0.15, 0.2) is 0 Å². The van der Waals surface area contributed by atoms with E-state index in [2.05, 4.69) is 19.4 Å². The maximum Gasteiger partial charge on any atom is 0.147 e. The van der Waals surface area contributed by atoms with Gasteiger partial charge in [0.1, 0.15) is 5.82 Å². The Morgan fingerprint density at radius 2 is 2.32 bits per heavy atom. The molecule has 3 rings (SSSR count). The van der Waals surface area contributed by atoms with Gasteiger partial charge < -0.3 is 9.47 Å². The summed E-state index contributed by atoms with van der Waals surface area (Å²) in [7, 11) is 0. The summed E-state index contributed by atoms with van der Waals surface area (Å²) in [4.78, 5) is 10.8. The number of hydrogen-bond donors (Lipinski definition) is 0. The number of piperidine rings is 1. The van der Waals surface area contributed by atoms with Crippen molar-refractivity contribution in [2.24, 2.45) is 5.92 Å². The van der Waals surface area contributed by atoms with Crippen LogP contribution in [0.4, 0.5) is 5.82 Å². The molecule has 0 saturated carbocycles. The lowest BCUT2D eigenvalue weighted by molar-refractivity contribution is 0.365. The zero-order valence-electron chi connectivity index (χ0n) is 10.7. The summed E-state index contributed by atoms with van der Waals surface area (Å²) in [5.41, 5.74) is 0. The summed E-state index contributed by atoms with van der Waals surface area (Å²) in [6, 6.07) is 3.78. The van der Waals surface area contributed by atoms with Gasteiger partial charge in [-0.2, -0.15) is 0 Å². The molecule has 2 aromatic heterocycles. The highest BCUT2D eigenvalue weighted by molar-refractivity contribution is 6.32. The number of nitrogens with zero attached hydrogens (tertiary/aromatic N) is 4. The van der Waals surface area contributed by atoms with Gasteiger partial charge in [0.25, 0.3) is 0 Å². The lowest BCUT2D eigenvalue weighted by Gasteiger charge is -2.34. The second kappa shape index (κ2) is 5.61. The third kappa shape index (κ3) is 2.89. The molecule has 1 fully saturated rings. The van der Waals surface area contributed by atoms with E-state index in [4.69, 9.17) is 11.6 Å². The molecular weight excluding hydrogens is 260 g/mol. The van der Waals surface area contributed by atoms with E-state index in [0.717, 1.165) is 30.5 Å². The lowest BCUT2D eigenvalue weighted by Crippen LogP contribution is -2.37. The standard InChI is InChI=1S/C14H17ClN4/c15-13-4-1-5-17-14(13)19-7-2-3-12(10-19)9-18-8-6-16-11-18/h1,4-6,8,11-12H,2-3,7,9-10H2/t12-/m0/s1. The van der Waals surface area contributed by atoms with Crippen molar-refractivity contribution in [1.29, 1.82) is 0 Å². The highest BCUT2D eigenvalue weighted by atomic mass is 35.5. The van der Waals surface area contributed by atoms with Gasteiger partial charge >= 0.3 is 0 Å². The second-order valence-electron chi connectivity index (χ2n) is 5.02. The van der Waals surface area contributed by atoms with Crippen LogP contribution in [-0.2, 0) is 6.54 Å². The number of hydrogen-bond acceptors (Lipinski definition) is 3. The highest BCUT2D eigenvalue weighted by Gasteiger charge is 2.22. The average Bonchev–Trinajstić information content (AvgIpc) is 2.92. The molecule has 1 aliphatic rings. The number of anilines is 1. The molecule has 2 aromatic rings. The maximum absolute atomic E-state index is 6.23. The number of pyridine rings is 1. The molecular formula is C14H17ClN4. The van der Waals surface area contributed by atoms with E-state index in [1.807, 2.05) is 30.9 Å². The number of imidazole rings is 1. The third-order valence-electron chi connectivity index (χ3n) is 3.59. The monoisotopic (exact) mass is 276 g/mol. The summed E-state index contributed by atoms with van der Waals surface area (Å²) < 4.78 is 2.15. The minimum absolute atomic E-state index is 0.626. The van der Waals surface area contributed by atoms with E-state index in [9.17, 15) is 0 Å². The van der Waals surface area contributed by atoms with Crippen molar-refractivity contribution in [3.63, 3.8) is 0 Å². The van der Waals surface area contributed by atoms with E-state index in [1.54, 1.807) is 6.20 Å². The molecule has 19 heavy (non-hydrogen) atoms. The van der Waals surface area contributed by atoms with Gasteiger partial charge in [0.2, 0.25) is 0 Å². The zero-order valence-corrected chi connectivity index (χ0v) is 11.5. The van der Waals surface area contributed by atoms with Crippen LogP contribution in [0.2, 0.25) is 5.02 Å². The minimum atomic E-state index is 0.626. The van der Waals surface area contributed by atoms with Gasteiger partial charge in [-0.15, -0.1) is 0 Å². The number of halogens is 1. The molecule has 0 bridgehead atoms. The molecule has 1 aliphatic heterocycles. The molecule has 0 aromatic carbocycles. The summed E-state index contributed by atoms with van der Waals surface area (Å²) in [6.45, 7) is 3.06. The van der Waals surface area contributed by atoms with Gasteiger partial charge in [-0.25, -0.2) is 9.97 Å². The van der Waals surface area contributed by atoms with Crippen LogP contribution >= 0.6 is 11.6 Å². The number of aromatic nitrogens is 3. The predicted octanol–water partition coefficient (Wildman–Crippen LogP) is 2.85. The Kier molecular flexibility index (Phi) is 3.69. The topological polar surface area (TPSA) is 34.0 Å². The van der Waals surface area contributed by atoms with Crippen molar-refractivity contribution in [2.75, 3.05) is 18.0 Å². The summed E-state index contributed by atoms with van der Waals surface area (Å²) in [5.74, 6) is 1.54. The maximum atomic E-state index is 6.23. The molecule has 0 N–H and O–H groups in total. The van der Waals surface area contributed by atoms with Crippen LogP contribution in [0.3, 0.4) is 0 Å². The molecule has 0 radical (unpaired) electrons. The lowest BCUT2D eigenvalue weighted by atomic mass is 9.98. The largest absolute Gasteiger partial charge is 0.355 e. The summed E-state index contributed by atoms with van der Waals surface area (Å²) >= 11 is 6.23. The predicted molar refractivity (Wildman–Crippen MR) is 76.4 cm³/mol. The SMILES string of the molecule is Clc1cccnc1N1CCC[C@@H](Cn2ccnc2)C1. The van der Waals surface area contributed by atoms with Gasteiger partial charge in [-0.1, -0.05) is 11.6 Å². The normalized spacial score (nSPS) is 19.6. The molecule has 3 heterocycles. The second-order valence-corrected chi connectivity index (χ2v) is 5.43. The van der Waals surface area contributed by atoms with Crippen molar-refractivity contribution in [3.8, 4) is 0 Å². The van der Waals surface area contributed by atoms with Gasteiger partial charge in [0.05, 0.1) is 11.3 Å². The Morgan fingerprint density at radius 3 is 3.11 bits per heavy atom. The first-order valence-corrected chi connectivity index (χ1v) is 7.02. The van der Waals surface area contributed by atoms with E-state index in [0.29, 0.717) is 5.92 Å². The number of rotatable bonds is 3. The average molecular weight is 277 g/mol. The van der Waals surface area contributed by atoms with Crippen molar-refractivity contribution in [1.82, 2.24) is 14.5 Å². The molecule has 0 spiro atoms. The van der Waals surface area contributed by atoms with Crippen LogP contribution in [0.5, 0.6) is 0 Å². The van der Waals surface area contributed by atoms with Crippen LogP contribution < -0.4 is 4.90 Å².